The minimum atomic E-state index is 0.0753. The molecule has 1 aromatic carbocycles. The highest BCUT2D eigenvalue weighted by molar-refractivity contribution is 5.31. The molecule has 90 valence electrons. The summed E-state index contributed by atoms with van der Waals surface area (Å²) in [5, 5.41) is 0. The highest BCUT2D eigenvalue weighted by Crippen LogP contribution is 2.39. The lowest BCUT2D eigenvalue weighted by Crippen LogP contribution is -2.34. The first-order valence-corrected chi connectivity index (χ1v) is 6.10. The number of allylic oxidation sites excluding steroid dienone is 2. The Morgan fingerprint density at radius 2 is 2.06 bits per heavy atom. The summed E-state index contributed by atoms with van der Waals surface area (Å²) in [7, 11) is 0. The quantitative estimate of drug-likeness (QED) is 0.704. The molecule has 0 spiro atoms. The monoisotopic (exact) mass is 228 g/mol. The molecule has 1 aliphatic heterocycles. The molecule has 0 saturated carbocycles. The maximum Gasteiger partial charge on any atom is 0.0976 e. The Balaban J connectivity index is 2.37. The zero-order chi connectivity index (χ0) is 12.3. The lowest BCUT2D eigenvalue weighted by atomic mass is 9.71. The van der Waals surface area contributed by atoms with Gasteiger partial charge in [0.1, 0.15) is 0 Å². The number of rotatable bonds is 3. The van der Waals surface area contributed by atoms with Gasteiger partial charge in [-0.25, -0.2) is 0 Å². The molecule has 1 heteroatoms. The van der Waals surface area contributed by atoms with E-state index in [0.29, 0.717) is 0 Å². The number of hydrogen-bond acceptors (Lipinski definition) is 1. The maximum atomic E-state index is 5.65. The zero-order valence-corrected chi connectivity index (χ0v) is 10.7. The van der Waals surface area contributed by atoms with Crippen LogP contribution in [0.1, 0.15) is 32.3 Å². The first kappa shape index (κ1) is 12.0. The molecule has 2 rings (SSSR count). The second-order valence-corrected chi connectivity index (χ2v) is 5.23. The lowest BCUT2D eigenvalue weighted by Gasteiger charge is -2.37. The maximum absolute atomic E-state index is 5.65. The van der Waals surface area contributed by atoms with Crippen molar-refractivity contribution in [3.63, 3.8) is 0 Å². The average molecular weight is 228 g/mol. The summed E-state index contributed by atoms with van der Waals surface area (Å²) in [5.74, 6) is 0. The molecule has 1 heterocycles. The van der Waals surface area contributed by atoms with Gasteiger partial charge in [-0.1, -0.05) is 35.9 Å². The van der Waals surface area contributed by atoms with Gasteiger partial charge in [0.05, 0.1) is 12.9 Å². The first-order valence-electron chi connectivity index (χ1n) is 6.10. The number of ether oxygens (including phenoxy) is 1. The van der Waals surface area contributed by atoms with E-state index >= 15 is 0 Å². The number of hydrogen-bond donors (Lipinski definition) is 0. The van der Waals surface area contributed by atoms with Gasteiger partial charge in [-0.05, 0) is 37.8 Å². The van der Waals surface area contributed by atoms with Crippen molar-refractivity contribution in [2.45, 2.75) is 32.1 Å². The Hall–Kier alpha value is -1.50. The topological polar surface area (TPSA) is 9.23 Å². The summed E-state index contributed by atoms with van der Waals surface area (Å²) in [6, 6.07) is 10.7. The minimum absolute atomic E-state index is 0.0753. The molecule has 1 nitrogen and oxygen atoms in total. The highest BCUT2D eigenvalue weighted by Gasteiger charge is 2.35. The van der Waals surface area contributed by atoms with E-state index in [0.717, 1.165) is 19.4 Å². The van der Waals surface area contributed by atoms with Crippen LogP contribution in [0.4, 0.5) is 0 Å². The van der Waals surface area contributed by atoms with Crippen LogP contribution in [0.15, 0.2) is 54.3 Å². The van der Waals surface area contributed by atoms with Crippen LogP contribution in [0.3, 0.4) is 0 Å². The Kier molecular flexibility index (Phi) is 3.37. The van der Waals surface area contributed by atoms with Crippen LogP contribution in [0, 0.1) is 0 Å². The molecular weight excluding hydrogens is 208 g/mol. The van der Waals surface area contributed by atoms with E-state index in [4.69, 9.17) is 4.74 Å². The molecule has 0 aromatic heterocycles. The first-order chi connectivity index (χ1) is 8.12. The summed E-state index contributed by atoms with van der Waals surface area (Å²) >= 11 is 0. The fourth-order valence-corrected chi connectivity index (χ4v) is 2.74. The van der Waals surface area contributed by atoms with E-state index in [1.165, 1.54) is 16.7 Å². The van der Waals surface area contributed by atoms with Crippen molar-refractivity contribution in [1.29, 1.82) is 0 Å². The standard InChI is InChI=1S/C16H20O/c1-13(2)9-16(10-14(3)11-17-12-16)15-7-5-4-6-8-15/h4-8,11H,1,9-10,12H2,2-3H3. The minimum Gasteiger partial charge on any atom is -0.500 e. The van der Waals surface area contributed by atoms with Crippen molar-refractivity contribution in [3.05, 3.63) is 59.9 Å². The van der Waals surface area contributed by atoms with E-state index < -0.39 is 0 Å². The second kappa shape index (κ2) is 4.79. The Labute approximate surface area is 104 Å². The smallest absolute Gasteiger partial charge is 0.0976 e. The third-order valence-corrected chi connectivity index (χ3v) is 3.29. The van der Waals surface area contributed by atoms with Crippen molar-refractivity contribution >= 4 is 0 Å². The van der Waals surface area contributed by atoms with Crippen molar-refractivity contribution in [2.24, 2.45) is 0 Å². The third-order valence-electron chi connectivity index (χ3n) is 3.29. The van der Waals surface area contributed by atoms with Gasteiger partial charge in [-0.2, -0.15) is 0 Å². The fraction of sp³-hybridized carbons (Fsp3) is 0.375. The predicted octanol–water partition coefficient (Wildman–Crippen LogP) is 4.21. The van der Waals surface area contributed by atoms with Crippen LogP contribution in [0.2, 0.25) is 0 Å². The predicted molar refractivity (Wildman–Crippen MR) is 71.9 cm³/mol. The van der Waals surface area contributed by atoms with E-state index in [2.05, 4.69) is 50.8 Å². The molecule has 1 atom stereocenters. The van der Waals surface area contributed by atoms with Crippen molar-refractivity contribution in [3.8, 4) is 0 Å². The average Bonchev–Trinajstić information content (AvgIpc) is 2.29. The van der Waals surface area contributed by atoms with Crippen LogP contribution < -0.4 is 0 Å². The van der Waals surface area contributed by atoms with Crippen LogP contribution in [0.5, 0.6) is 0 Å². The molecule has 17 heavy (non-hydrogen) atoms. The normalized spacial score (nSPS) is 23.8. The summed E-state index contributed by atoms with van der Waals surface area (Å²) in [6.07, 6.45) is 3.94. The molecule has 0 aliphatic carbocycles. The highest BCUT2D eigenvalue weighted by atomic mass is 16.5. The van der Waals surface area contributed by atoms with Crippen LogP contribution in [-0.2, 0) is 10.2 Å². The summed E-state index contributed by atoms with van der Waals surface area (Å²) in [5.41, 5.74) is 3.95. The largest absolute Gasteiger partial charge is 0.500 e. The van der Waals surface area contributed by atoms with Crippen molar-refractivity contribution in [2.75, 3.05) is 6.61 Å². The van der Waals surface area contributed by atoms with Gasteiger partial charge in [-0.3, -0.25) is 0 Å². The van der Waals surface area contributed by atoms with Gasteiger partial charge in [0, 0.05) is 5.41 Å². The van der Waals surface area contributed by atoms with Crippen LogP contribution in [-0.4, -0.2) is 6.61 Å². The molecular formula is C16H20O. The number of benzene rings is 1. The van der Waals surface area contributed by atoms with Crippen LogP contribution >= 0.6 is 0 Å². The van der Waals surface area contributed by atoms with Crippen LogP contribution in [0.25, 0.3) is 0 Å². The van der Waals surface area contributed by atoms with E-state index in [-0.39, 0.29) is 5.41 Å². The van der Waals surface area contributed by atoms with Gasteiger partial charge in [-0.15, -0.1) is 6.58 Å². The molecule has 0 amide bonds. The van der Waals surface area contributed by atoms with Gasteiger partial charge in [0.25, 0.3) is 0 Å². The molecule has 0 fully saturated rings. The van der Waals surface area contributed by atoms with Crippen molar-refractivity contribution < 1.29 is 4.74 Å². The SMILES string of the molecule is C=C(C)CC1(c2ccccc2)COC=C(C)C1. The Morgan fingerprint density at radius 3 is 2.65 bits per heavy atom. The van der Waals surface area contributed by atoms with Gasteiger partial charge in [0.15, 0.2) is 0 Å². The molecule has 1 aliphatic rings. The Bertz CT molecular complexity index is 430. The molecule has 0 saturated heterocycles. The molecule has 0 bridgehead atoms. The van der Waals surface area contributed by atoms with E-state index in [1.54, 1.807) is 0 Å². The molecule has 0 N–H and O–H groups in total. The lowest BCUT2D eigenvalue weighted by molar-refractivity contribution is 0.141. The summed E-state index contributed by atoms with van der Waals surface area (Å²) in [6.45, 7) is 9.05. The third kappa shape index (κ3) is 2.60. The molecule has 1 unspecified atom stereocenters. The van der Waals surface area contributed by atoms with E-state index in [9.17, 15) is 0 Å². The van der Waals surface area contributed by atoms with Gasteiger partial charge < -0.3 is 4.74 Å². The van der Waals surface area contributed by atoms with E-state index in [1.807, 2.05) is 6.26 Å². The Morgan fingerprint density at radius 1 is 1.35 bits per heavy atom. The van der Waals surface area contributed by atoms with Crippen molar-refractivity contribution in [1.82, 2.24) is 0 Å². The zero-order valence-electron chi connectivity index (χ0n) is 10.7. The van der Waals surface area contributed by atoms with Gasteiger partial charge >= 0.3 is 0 Å². The summed E-state index contributed by atoms with van der Waals surface area (Å²) in [4.78, 5) is 0. The molecule has 1 aromatic rings. The fourth-order valence-electron chi connectivity index (χ4n) is 2.74. The van der Waals surface area contributed by atoms with Gasteiger partial charge in [0.2, 0.25) is 0 Å². The second-order valence-electron chi connectivity index (χ2n) is 5.23. The molecule has 0 radical (unpaired) electrons. The summed E-state index contributed by atoms with van der Waals surface area (Å²) < 4.78 is 5.65.